The smallest absolute Gasteiger partial charge is 0.222 e. The summed E-state index contributed by atoms with van der Waals surface area (Å²) in [6.07, 6.45) is 1.56. The highest BCUT2D eigenvalue weighted by Crippen LogP contribution is 2.21. The zero-order valence-electron chi connectivity index (χ0n) is 8.80. The summed E-state index contributed by atoms with van der Waals surface area (Å²) in [5.41, 5.74) is -0.122. The predicted octanol–water partition coefficient (Wildman–Crippen LogP) is 1.42. The van der Waals surface area contributed by atoms with Crippen molar-refractivity contribution in [3.8, 4) is 0 Å². The Bertz CT molecular complexity index is 193. The molecule has 1 aliphatic heterocycles. The maximum Gasteiger partial charge on any atom is 0.222 e. The zero-order valence-corrected chi connectivity index (χ0v) is 8.80. The van der Waals surface area contributed by atoms with E-state index in [0.29, 0.717) is 13.0 Å². The molecular formula is C10H19NO2. The van der Waals surface area contributed by atoms with Crippen molar-refractivity contribution in [3.05, 3.63) is 0 Å². The lowest BCUT2D eigenvalue weighted by atomic mass is 10.0. The molecule has 0 aromatic heterocycles. The van der Waals surface area contributed by atoms with Crippen LogP contribution in [0, 0.1) is 0 Å². The number of rotatable bonds is 2. The van der Waals surface area contributed by atoms with Crippen molar-refractivity contribution in [2.45, 2.75) is 39.2 Å². The molecule has 1 rings (SSSR count). The van der Waals surface area contributed by atoms with E-state index in [0.717, 1.165) is 19.5 Å². The second-order valence-electron chi connectivity index (χ2n) is 3.82. The normalized spacial score (nSPS) is 29.0. The van der Waals surface area contributed by atoms with Crippen LogP contribution in [0.3, 0.4) is 0 Å². The van der Waals surface area contributed by atoms with Crippen LogP contribution in [0.25, 0.3) is 0 Å². The lowest BCUT2D eigenvalue weighted by Crippen LogP contribution is -2.51. The Hall–Kier alpha value is -0.570. The van der Waals surface area contributed by atoms with Crippen LogP contribution in [0.5, 0.6) is 0 Å². The molecule has 1 unspecified atom stereocenters. The number of amides is 1. The lowest BCUT2D eigenvalue weighted by molar-refractivity contribution is -0.148. The van der Waals surface area contributed by atoms with E-state index in [4.69, 9.17) is 4.74 Å². The maximum atomic E-state index is 11.4. The van der Waals surface area contributed by atoms with Gasteiger partial charge in [0.15, 0.2) is 0 Å². The van der Waals surface area contributed by atoms with E-state index in [-0.39, 0.29) is 11.5 Å². The van der Waals surface area contributed by atoms with Crippen LogP contribution < -0.4 is 0 Å². The first kappa shape index (κ1) is 10.5. The fraction of sp³-hybridized carbons (Fsp3) is 0.900. The summed E-state index contributed by atoms with van der Waals surface area (Å²) in [6, 6.07) is 0. The van der Waals surface area contributed by atoms with Crippen molar-refractivity contribution in [1.29, 1.82) is 0 Å². The predicted molar refractivity (Wildman–Crippen MR) is 51.5 cm³/mol. The van der Waals surface area contributed by atoms with Gasteiger partial charge in [-0.05, 0) is 13.3 Å². The summed E-state index contributed by atoms with van der Waals surface area (Å²) in [6.45, 7) is 8.25. The molecule has 0 aliphatic carbocycles. The first-order valence-electron chi connectivity index (χ1n) is 5.03. The van der Waals surface area contributed by atoms with Crippen LogP contribution in [0.1, 0.15) is 33.6 Å². The van der Waals surface area contributed by atoms with Gasteiger partial charge in [-0.3, -0.25) is 4.79 Å². The molecule has 0 bridgehead atoms. The number of ether oxygens (including phenoxy) is 1. The molecule has 76 valence electrons. The van der Waals surface area contributed by atoms with Crippen molar-refractivity contribution in [3.63, 3.8) is 0 Å². The van der Waals surface area contributed by atoms with Gasteiger partial charge in [0.1, 0.15) is 0 Å². The molecule has 0 N–H and O–H groups in total. The van der Waals surface area contributed by atoms with Gasteiger partial charge in [-0.25, -0.2) is 0 Å². The molecule has 1 atom stereocenters. The quantitative estimate of drug-likeness (QED) is 0.651. The van der Waals surface area contributed by atoms with E-state index in [1.807, 2.05) is 11.8 Å². The minimum Gasteiger partial charge on any atom is -0.372 e. The first-order chi connectivity index (χ1) is 6.11. The average molecular weight is 185 g/mol. The fourth-order valence-corrected chi connectivity index (χ4v) is 1.58. The summed E-state index contributed by atoms with van der Waals surface area (Å²) in [5, 5.41) is 0. The van der Waals surface area contributed by atoms with Crippen LogP contribution in [0.2, 0.25) is 0 Å². The highest BCUT2D eigenvalue weighted by atomic mass is 16.5. The molecular weight excluding hydrogens is 166 g/mol. The van der Waals surface area contributed by atoms with E-state index in [1.165, 1.54) is 0 Å². The molecule has 13 heavy (non-hydrogen) atoms. The van der Waals surface area contributed by atoms with Crippen LogP contribution in [-0.2, 0) is 9.53 Å². The molecule has 1 fully saturated rings. The molecule has 0 aromatic rings. The van der Waals surface area contributed by atoms with Gasteiger partial charge in [-0.15, -0.1) is 0 Å². The van der Waals surface area contributed by atoms with Gasteiger partial charge in [-0.2, -0.15) is 0 Å². The van der Waals surface area contributed by atoms with Gasteiger partial charge >= 0.3 is 0 Å². The van der Waals surface area contributed by atoms with E-state index in [2.05, 4.69) is 13.8 Å². The minimum absolute atomic E-state index is 0.122. The topological polar surface area (TPSA) is 29.5 Å². The number of nitrogens with zero attached hydrogens (tertiary/aromatic N) is 1. The van der Waals surface area contributed by atoms with E-state index >= 15 is 0 Å². The molecule has 3 nitrogen and oxygen atoms in total. The zero-order chi connectivity index (χ0) is 9.90. The molecule has 0 radical (unpaired) electrons. The van der Waals surface area contributed by atoms with Gasteiger partial charge in [0.2, 0.25) is 5.91 Å². The van der Waals surface area contributed by atoms with Crippen LogP contribution in [-0.4, -0.2) is 36.1 Å². The standard InChI is InChI=1S/C10H19NO2/c1-4-9(12)11-6-7-13-10(3,5-2)8-11/h4-8H2,1-3H3. The number of hydrogen-bond acceptors (Lipinski definition) is 2. The summed E-state index contributed by atoms with van der Waals surface area (Å²) in [4.78, 5) is 13.4. The molecule has 1 amide bonds. The third-order valence-corrected chi connectivity index (χ3v) is 2.74. The van der Waals surface area contributed by atoms with Gasteiger partial charge < -0.3 is 9.64 Å². The van der Waals surface area contributed by atoms with Crippen molar-refractivity contribution in [2.24, 2.45) is 0 Å². The highest BCUT2D eigenvalue weighted by molar-refractivity contribution is 5.76. The van der Waals surface area contributed by atoms with Gasteiger partial charge in [-0.1, -0.05) is 13.8 Å². The number of carbonyl (C=O) groups excluding carboxylic acids is 1. The summed E-state index contributed by atoms with van der Waals surface area (Å²) >= 11 is 0. The minimum atomic E-state index is -0.122. The Morgan fingerprint density at radius 2 is 2.23 bits per heavy atom. The molecule has 1 heterocycles. The fourth-order valence-electron chi connectivity index (χ4n) is 1.58. The van der Waals surface area contributed by atoms with Crippen molar-refractivity contribution >= 4 is 5.91 Å². The van der Waals surface area contributed by atoms with Gasteiger partial charge in [0.25, 0.3) is 0 Å². The van der Waals surface area contributed by atoms with Gasteiger partial charge in [0.05, 0.1) is 12.2 Å². The summed E-state index contributed by atoms with van der Waals surface area (Å²) in [7, 11) is 0. The Kier molecular flexibility index (Phi) is 3.31. The summed E-state index contributed by atoms with van der Waals surface area (Å²) < 4.78 is 5.65. The van der Waals surface area contributed by atoms with E-state index in [1.54, 1.807) is 0 Å². The van der Waals surface area contributed by atoms with E-state index in [9.17, 15) is 4.79 Å². The lowest BCUT2D eigenvalue weighted by Gasteiger charge is -2.40. The Morgan fingerprint density at radius 1 is 1.54 bits per heavy atom. The molecule has 0 spiro atoms. The largest absolute Gasteiger partial charge is 0.372 e. The Balaban J connectivity index is 2.56. The van der Waals surface area contributed by atoms with Crippen LogP contribution >= 0.6 is 0 Å². The molecule has 3 heteroatoms. The molecule has 0 aromatic carbocycles. The highest BCUT2D eigenvalue weighted by Gasteiger charge is 2.31. The molecule has 1 saturated heterocycles. The second kappa shape index (κ2) is 4.09. The molecule has 0 saturated carbocycles. The van der Waals surface area contributed by atoms with Crippen molar-refractivity contribution < 1.29 is 9.53 Å². The Labute approximate surface area is 80.1 Å². The third kappa shape index (κ3) is 2.44. The first-order valence-corrected chi connectivity index (χ1v) is 5.03. The summed E-state index contributed by atoms with van der Waals surface area (Å²) in [5.74, 6) is 0.239. The maximum absolute atomic E-state index is 11.4. The second-order valence-corrected chi connectivity index (χ2v) is 3.82. The third-order valence-electron chi connectivity index (χ3n) is 2.74. The van der Waals surface area contributed by atoms with Crippen LogP contribution in [0.4, 0.5) is 0 Å². The monoisotopic (exact) mass is 185 g/mol. The number of hydrogen-bond donors (Lipinski definition) is 0. The van der Waals surface area contributed by atoms with Crippen LogP contribution in [0.15, 0.2) is 0 Å². The number of morpholine rings is 1. The Morgan fingerprint density at radius 3 is 2.77 bits per heavy atom. The average Bonchev–Trinajstić information content (AvgIpc) is 2.17. The van der Waals surface area contributed by atoms with E-state index < -0.39 is 0 Å². The SMILES string of the molecule is CCC(=O)N1CCOC(C)(CC)C1. The van der Waals surface area contributed by atoms with Crippen molar-refractivity contribution in [1.82, 2.24) is 4.90 Å². The molecule has 1 aliphatic rings. The van der Waals surface area contributed by atoms with Crippen molar-refractivity contribution in [2.75, 3.05) is 19.7 Å². The number of carbonyl (C=O) groups is 1. The van der Waals surface area contributed by atoms with Gasteiger partial charge in [0, 0.05) is 19.5 Å².